The number of benzene rings is 3. The van der Waals surface area contributed by atoms with Gasteiger partial charge in [-0.2, -0.15) is 0 Å². The van der Waals surface area contributed by atoms with Crippen molar-refractivity contribution in [1.29, 1.82) is 0 Å². The first-order valence-corrected chi connectivity index (χ1v) is 10.4. The lowest BCUT2D eigenvalue weighted by Gasteiger charge is -2.21. The van der Waals surface area contributed by atoms with Gasteiger partial charge in [0.1, 0.15) is 11.5 Å². The molecule has 0 aliphatic carbocycles. The molecule has 0 unspecified atom stereocenters. The van der Waals surface area contributed by atoms with Gasteiger partial charge in [-0.1, -0.05) is 0 Å². The first-order chi connectivity index (χ1) is 16.4. The van der Waals surface area contributed by atoms with Crippen LogP contribution in [0.5, 0.6) is 23.0 Å². The van der Waals surface area contributed by atoms with Crippen molar-refractivity contribution in [2.75, 3.05) is 19.1 Å². The van der Waals surface area contributed by atoms with E-state index in [2.05, 4.69) is 4.98 Å². The van der Waals surface area contributed by atoms with Gasteiger partial charge < -0.3 is 19.9 Å². The molecule has 3 aromatic carbocycles. The predicted octanol–water partition coefficient (Wildman–Crippen LogP) is 5.46. The summed E-state index contributed by atoms with van der Waals surface area (Å²) in [6, 6.07) is 18.3. The highest BCUT2D eigenvalue weighted by Gasteiger charge is 2.16. The molecule has 1 heterocycles. The average molecular weight is 457 g/mol. The molecule has 172 valence electrons. The van der Waals surface area contributed by atoms with Crippen LogP contribution < -0.4 is 24.8 Å². The van der Waals surface area contributed by atoms with E-state index < -0.39 is 6.03 Å². The van der Waals surface area contributed by atoms with Crippen molar-refractivity contribution >= 4 is 34.1 Å². The molecule has 4 rings (SSSR count). The van der Waals surface area contributed by atoms with Crippen LogP contribution in [0.3, 0.4) is 0 Å². The summed E-state index contributed by atoms with van der Waals surface area (Å²) in [5.74, 6) is 2.23. The van der Waals surface area contributed by atoms with Gasteiger partial charge in [0.05, 0.1) is 31.1 Å². The van der Waals surface area contributed by atoms with Crippen LogP contribution in [-0.4, -0.2) is 31.0 Å². The van der Waals surface area contributed by atoms with Crippen LogP contribution in [0.15, 0.2) is 72.9 Å². The summed E-state index contributed by atoms with van der Waals surface area (Å²) in [7, 11) is 3.14. The van der Waals surface area contributed by atoms with Crippen molar-refractivity contribution in [1.82, 2.24) is 4.98 Å². The summed E-state index contributed by atoms with van der Waals surface area (Å²) < 4.78 is 16.8. The first kappa shape index (κ1) is 22.6. The quantitative estimate of drug-likeness (QED) is 0.369. The maximum Gasteiger partial charge on any atom is 0.323 e. The Morgan fingerprint density at radius 2 is 1.41 bits per heavy atom. The van der Waals surface area contributed by atoms with E-state index in [9.17, 15) is 9.59 Å². The molecular weight excluding hydrogens is 434 g/mol. The number of nitrogens with zero attached hydrogens (tertiary/aromatic N) is 2. The van der Waals surface area contributed by atoms with Crippen LogP contribution >= 0.6 is 0 Å². The summed E-state index contributed by atoms with van der Waals surface area (Å²) in [6.45, 7) is 1.48. The number of ether oxygens (including phenoxy) is 3. The number of rotatable bonds is 7. The molecule has 8 nitrogen and oxygen atoms in total. The lowest BCUT2D eigenvalue weighted by molar-refractivity contribution is 0.101. The van der Waals surface area contributed by atoms with E-state index in [0.29, 0.717) is 45.5 Å². The van der Waals surface area contributed by atoms with E-state index in [1.54, 1.807) is 81.1 Å². The molecule has 0 spiro atoms. The number of hydrogen-bond donors (Lipinski definition) is 1. The van der Waals surface area contributed by atoms with Gasteiger partial charge in [-0.25, -0.2) is 4.79 Å². The summed E-state index contributed by atoms with van der Waals surface area (Å²) >= 11 is 0. The van der Waals surface area contributed by atoms with E-state index in [1.807, 2.05) is 6.07 Å². The fraction of sp³-hybridized carbons (Fsp3) is 0.115. The van der Waals surface area contributed by atoms with Crippen molar-refractivity contribution in [3.05, 3.63) is 78.5 Å². The van der Waals surface area contributed by atoms with Gasteiger partial charge in [0.2, 0.25) is 0 Å². The third kappa shape index (κ3) is 4.47. The molecule has 0 aliphatic rings. The number of primary amides is 1. The number of methoxy groups -OCH3 is 2. The topological polar surface area (TPSA) is 104 Å². The summed E-state index contributed by atoms with van der Waals surface area (Å²) in [6.07, 6.45) is 1.65. The Kier molecular flexibility index (Phi) is 6.31. The molecule has 0 radical (unpaired) electrons. The Morgan fingerprint density at radius 1 is 0.824 bits per heavy atom. The molecule has 8 heteroatoms. The molecule has 0 bridgehead atoms. The Labute approximate surface area is 196 Å². The molecule has 1 aromatic heterocycles. The van der Waals surface area contributed by atoms with E-state index in [1.165, 1.54) is 11.8 Å². The van der Waals surface area contributed by atoms with Gasteiger partial charge in [-0.05, 0) is 67.6 Å². The average Bonchev–Trinajstić information content (AvgIpc) is 2.84. The number of amides is 2. The smallest absolute Gasteiger partial charge is 0.323 e. The minimum absolute atomic E-state index is 0.0571. The van der Waals surface area contributed by atoms with Gasteiger partial charge in [-0.15, -0.1) is 0 Å². The molecule has 2 amide bonds. The van der Waals surface area contributed by atoms with Gasteiger partial charge in [0.25, 0.3) is 0 Å². The van der Waals surface area contributed by atoms with Crippen LogP contribution in [0.1, 0.15) is 17.3 Å². The number of anilines is 2. The van der Waals surface area contributed by atoms with E-state index in [-0.39, 0.29) is 5.78 Å². The van der Waals surface area contributed by atoms with E-state index >= 15 is 0 Å². The second kappa shape index (κ2) is 9.50. The Balaban J connectivity index is 1.63. The molecule has 4 aromatic rings. The molecule has 0 fully saturated rings. The number of Topliss-reactive ketones (excluding diaryl/α,β-unsaturated/α-hetero) is 1. The second-order valence-corrected chi connectivity index (χ2v) is 7.41. The zero-order valence-corrected chi connectivity index (χ0v) is 18.9. The van der Waals surface area contributed by atoms with Crippen molar-refractivity contribution in [2.24, 2.45) is 5.73 Å². The maximum atomic E-state index is 12.2. The third-order valence-electron chi connectivity index (χ3n) is 5.28. The first-order valence-electron chi connectivity index (χ1n) is 10.4. The number of carbonyl (C=O) groups excluding carboxylic acids is 2. The van der Waals surface area contributed by atoms with Crippen molar-refractivity contribution in [3.8, 4) is 23.0 Å². The number of hydrogen-bond acceptors (Lipinski definition) is 6. The highest BCUT2D eigenvalue weighted by molar-refractivity contribution is 5.99. The van der Waals surface area contributed by atoms with Crippen LogP contribution in [0.4, 0.5) is 16.2 Å². The number of pyridine rings is 1. The van der Waals surface area contributed by atoms with Crippen molar-refractivity contribution < 1.29 is 23.8 Å². The van der Waals surface area contributed by atoms with Crippen molar-refractivity contribution in [3.63, 3.8) is 0 Å². The number of carbonyl (C=O) groups is 2. The van der Waals surface area contributed by atoms with Crippen LogP contribution in [0, 0.1) is 0 Å². The SMILES string of the molecule is COc1cc2nccc(Oc3ccc(N(C(N)=O)c4ccc(C(C)=O)cc4)cc3)c2cc1OC. The Bertz CT molecular complexity index is 1350. The largest absolute Gasteiger partial charge is 0.493 e. The van der Waals surface area contributed by atoms with Crippen LogP contribution in [0.2, 0.25) is 0 Å². The predicted molar refractivity (Wildman–Crippen MR) is 130 cm³/mol. The fourth-order valence-electron chi connectivity index (χ4n) is 3.58. The van der Waals surface area contributed by atoms with Gasteiger partial charge in [0.15, 0.2) is 17.3 Å². The highest BCUT2D eigenvalue weighted by atomic mass is 16.5. The van der Waals surface area contributed by atoms with E-state index in [0.717, 1.165) is 5.39 Å². The van der Waals surface area contributed by atoms with Gasteiger partial charge in [0, 0.05) is 23.2 Å². The number of fused-ring (bicyclic) bond motifs is 1. The fourth-order valence-corrected chi connectivity index (χ4v) is 3.58. The standard InChI is InChI=1S/C26H23N3O5/c1-16(30)17-4-6-18(7-5-17)29(26(27)31)19-8-10-20(11-9-19)34-23-12-13-28-22-15-25(33-3)24(32-2)14-21(22)23/h4-15H,1-3H3,(H2,27,31). The van der Waals surface area contributed by atoms with Crippen LogP contribution in [0.25, 0.3) is 10.9 Å². The second-order valence-electron chi connectivity index (χ2n) is 7.41. The van der Waals surface area contributed by atoms with Gasteiger partial charge >= 0.3 is 6.03 Å². The van der Waals surface area contributed by atoms with Crippen LogP contribution in [-0.2, 0) is 0 Å². The lowest BCUT2D eigenvalue weighted by atomic mass is 10.1. The highest BCUT2D eigenvalue weighted by Crippen LogP contribution is 2.37. The summed E-state index contributed by atoms with van der Waals surface area (Å²) in [5.41, 5.74) is 7.99. The zero-order valence-electron chi connectivity index (χ0n) is 18.9. The lowest BCUT2D eigenvalue weighted by Crippen LogP contribution is -2.31. The molecule has 34 heavy (non-hydrogen) atoms. The molecule has 0 atom stereocenters. The number of urea groups is 1. The minimum Gasteiger partial charge on any atom is -0.493 e. The summed E-state index contributed by atoms with van der Waals surface area (Å²) in [5, 5.41) is 0.758. The molecule has 0 saturated heterocycles. The Hall–Kier alpha value is -4.59. The number of aromatic nitrogens is 1. The zero-order chi connectivity index (χ0) is 24.2. The molecule has 0 saturated carbocycles. The number of nitrogens with two attached hydrogens (primary N) is 1. The third-order valence-corrected chi connectivity index (χ3v) is 5.28. The monoisotopic (exact) mass is 457 g/mol. The number of ketones is 1. The molecular formula is C26H23N3O5. The Morgan fingerprint density at radius 3 is 1.97 bits per heavy atom. The maximum absolute atomic E-state index is 12.2. The molecule has 2 N–H and O–H groups in total. The van der Waals surface area contributed by atoms with Crippen molar-refractivity contribution in [2.45, 2.75) is 6.92 Å². The molecule has 0 aliphatic heterocycles. The normalized spacial score (nSPS) is 10.6. The van der Waals surface area contributed by atoms with Gasteiger partial charge in [-0.3, -0.25) is 14.7 Å². The minimum atomic E-state index is -0.648. The summed E-state index contributed by atoms with van der Waals surface area (Å²) in [4.78, 5) is 29.4. The van der Waals surface area contributed by atoms with E-state index in [4.69, 9.17) is 19.9 Å².